The van der Waals surface area contributed by atoms with Crippen LogP contribution in [0.1, 0.15) is 60.0 Å². The number of rotatable bonds is 5. The summed E-state index contributed by atoms with van der Waals surface area (Å²) in [5.41, 5.74) is 0.656. The van der Waals surface area contributed by atoms with Gasteiger partial charge in [0.1, 0.15) is 11.4 Å². The van der Waals surface area contributed by atoms with E-state index in [4.69, 9.17) is 4.74 Å². The van der Waals surface area contributed by atoms with Gasteiger partial charge in [0.05, 0.1) is 11.6 Å². The Morgan fingerprint density at radius 3 is 2.46 bits per heavy atom. The summed E-state index contributed by atoms with van der Waals surface area (Å²) in [4.78, 5) is 35.6. The number of carbonyl (C=O) groups excluding carboxylic acids is 3. The van der Waals surface area contributed by atoms with Crippen molar-refractivity contribution in [3.05, 3.63) is 59.2 Å². The average molecular weight is 384 g/mol. The maximum Gasteiger partial charge on any atom is 0.412 e. The Bertz CT molecular complexity index is 887. The summed E-state index contributed by atoms with van der Waals surface area (Å²) in [7, 11) is 0. The predicted octanol–water partition coefficient (Wildman–Crippen LogP) is 4.04. The van der Waals surface area contributed by atoms with E-state index < -0.39 is 23.6 Å². The first-order chi connectivity index (χ1) is 13.1. The predicted molar refractivity (Wildman–Crippen MR) is 106 cm³/mol. The van der Waals surface area contributed by atoms with Crippen LogP contribution >= 0.6 is 0 Å². The zero-order valence-electron chi connectivity index (χ0n) is 16.3. The average Bonchev–Trinajstić information content (AvgIpc) is 2.59. The van der Waals surface area contributed by atoms with E-state index in [1.54, 1.807) is 52.0 Å². The third kappa shape index (κ3) is 5.57. The van der Waals surface area contributed by atoms with Crippen LogP contribution in [0, 0.1) is 0 Å². The van der Waals surface area contributed by atoms with Crippen molar-refractivity contribution in [1.29, 1.82) is 0 Å². The number of ether oxygens (including phenoxy) is 1. The topological polar surface area (TPSA) is 105 Å². The summed E-state index contributed by atoms with van der Waals surface area (Å²) >= 11 is 0. The van der Waals surface area contributed by atoms with E-state index in [0.29, 0.717) is 12.0 Å². The molecule has 2 amide bonds. The second-order valence-corrected chi connectivity index (χ2v) is 7.31. The third-order valence-electron chi connectivity index (χ3n) is 3.81. The Labute approximate surface area is 163 Å². The molecule has 0 radical (unpaired) electrons. The van der Waals surface area contributed by atoms with E-state index in [2.05, 4.69) is 10.6 Å². The van der Waals surface area contributed by atoms with Gasteiger partial charge in [0.25, 0.3) is 5.91 Å². The first kappa shape index (κ1) is 21.0. The van der Waals surface area contributed by atoms with Gasteiger partial charge in [0.2, 0.25) is 0 Å². The quantitative estimate of drug-likeness (QED) is 0.675. The molecule has 7 nitrogen and oxygen atoms in total. The summed E-state index contributed by atoms with van der Waals surface area (Å²) in [6.45, 7) is 7.07. The maximum absolute atomic E-state index is 12.5. The van der Waals surface area contributed by atoms with Crippen LogP contribution in [0.25, 0.3) is 0 Å². The monoisotopic (exact) mass is 384 g/mol. The van der Waals surface area contributed by atoms with Crippen molar-refractivity contribution in [2.45, 2.75) is 39.3 Å². The van der Waals surface area contributed by atoms with Gasteiger partial charge in [0, 0.05) is 11.3 Å². The summed E-state index contributed by atoms with van der Waals surface area (Å²) < 4.78 is 5.22. The molecule has 2 rings (SSSR count). The van der Waals surface area contributed by atoms with E-state index in [9.17, 15) is 19.5 Å². The van der Waals surface area contributed by atoms with Crippen molar-refractivity contribution in [3.63, 3.8) is 0 Å². The highest BCUT2D eigenvalue weighted by molar-refractivity contribution is 6.03. The van der Waals surface area contributed by atoms with Crippen LogP contribution in [-0.4, -0.2) is 29.0 Å². The zero-order chi connectivity index (χ0) is 20.9. The second-order valence-electron chi connectivity index (χ2n) is 7.31. The van der Waals surface area contributed by atoms with Gasteiger partial charge in [0.15, 0.2) is 6.29 Å². The standard InChI is InChI=1S/C21H24N2O5/c1-13(22-19(26)18-15(12-24)8-6-10-17(18)25)14-7-5-9-16(11-14)23-20(27)28-21(2,3)4/h5-13,25H,1-4H3,(H,22,26)(H,23,27). The van der Waals surface area contributed by atoms with Crippen molar-refractivity contribution in [1.82, 2.24) is 5.32 Å². The number of aromatic hydroxyl groups is 1. The molecule has 0 aliphatic heterocycles. The summed E-state index contributed by atoms with van der Waals surface area (Å²) in [5, 5.41) is 15.3. The maximum atomic E-state index is 12.5. The molecule has 0 heterocycles. The van der Waals surface area contributed by atoms with Crippen LogP contribution in [0.15, 0.2) is 42.5 Å². The van der Waals surface area contributed by atoms with Gasteiger partial charge in [-0.25, -0.2) is 4.79 Å². The highest BCUT2D eigenvalue weighted by atomic mass is 16.6. The first-order valence-corrected chi connectivity index (χ1v) is 8.78. The van der Waals surface area contributed by atoms with E-state index >= 15 is 0 Å². The van der Waals surface area contributed by atoms with Crippen LogP contribution in [0.4, 0.5) is 10.5 Å². The number of phenols is 1. The summed E-state index contributed by atoms with van der Waals surface area (Å²) in [6.07, 6.45) is -0.0591. The fourth-order valence-electron chi connectivity index (χ4n) is 2.56. The van der Waals surface area contributed by atoms with Gasteiger partial charge in [-0.05, 0) is 51.5 Å². The van der Waals surface area contributed by atoms with Gasteiger partial charge in [-0.15, -0.1) is 0 Å². The highest BCUT2D eigenvalue weighted by Crippen LogP contribution is 2.23. The number of benzene rings is 2. The molecule has 28 heavy (non-hydrogen) atoms. The molecule has 7 heteroatoms. The lowest BCUT2D eigenvalue weighted by molar-refractivity contribution is 0.0635. The molecule has 148 valence electrons. The van der Waals surface area contributed by atoms with E-state index in [0.717, 1.165) is 5.56 Å². The van der Waals surface area contributed by atoms with Crippen molar-refractivity contribution in [2.24, 2.45) is 0 Å². The molecular formula is C21H24N2O5. The minimum Gasteiger partial charge on any atom is -0.507 e. The van der Waals surface area contributed by atoms with Crippen molar-refractivity contribution < 1.29 is 24.2 Å². The molecule has 2 aromatic rings. The van der Waals surface area contributed by atoms with Gasteiger partial charge >= 0.3 is 6.09 Å². The van der Waals surface area contributed by atoms with Gasteiger partial charge in [-0.3, -0.25) is 14.9 Å². The molecule has 0 bridgehead atoms. The lowest BCUT2D eigenvalue weighted by Crippen LogP contribution is -2.28. The molecule has 1 atom stereocenters. The molecule has 2 aromatic carbocycles. The van der Waals surface area contributed by atoms with Crippen LogP contribution in [0.5, 0.6) is 5.75 Å². The summed E-state index contributed by atoms with van der Waals surface area (Å²) in [6, 6.07) is 10.8. The first-order valence-electron chi connectivity index (χ1n) is 8.78. The number of amides is 2. The lowest BCUT2D eigenvalue weighted by atomic mass is 10.0. The zero-order valence-corrected chi connectivity index (χ0v) is 16.3. The van der Waals surface area contributed by atoms with E-state index in [1.807, 2.05) is 0 Å². The lowest BCUT2D eigenvalue weighted by Gasteiger charge is -2.20. The number of carbonyl (C=O) groups is 3. The highest BCUT2D eigenvalue weighted by Gasteiger charge is 2.19. The van der Waals surface area contributed by atoms with Crippen molar-refractivity contribution >= 4 is 24.0 Å². The van der Waals surface area contributed by atoms with Gasteiger partial charge < -0.3 is 15.2 Å². The number of anilines is 1. The molecule has 0 saturated heterocycles. The molecule has 0 fully saturated rings. The molecule has 0 aliphatic rings. The fraction of sp³-hybridized carbons (Fsp3) is 0.286. The number of hydrogen-bond acceptors (Lipinski definition) is 5. The minimum atomic E-state index is -0.614. The van der Waals surface area contributed by atoms with E-state index in [1.165, 1.54) is 18.2 Å². The number of aldehydes is 1. The number of hydrogen-bond donors (Lipinski definition) is 3. The van der Waals surface area contributed by atoms with Crippen LogP contribution in [0.2, 0.25) is 0 Å². The largest absolute Gasteiger partial charge is 0.507 e. The summed E-state index contributed by atoms with van der Waals surface area (Å²) in [5.74, 6) is -0.840. The van der Waals surface area contributed by atoms with Crippen LogP contribution in [0.3, 0.4) is 0 Å². The van der Waals surface area contributed by atoms with Crippen LogP contribution in [-0.2, 0) is 4.74 Å². The Morgan fingerprint density at radius 2 is 1.82 bits per heavy atom. The molecule has 0 saturated carbocycles. The Kier molecular flexibility index (Phi) is 6.41. The molecule has 0 aliphatic carbocycles. The van der Waals surface area contributed by atoms with Gasteiger partial charge in [-0.2, -0.15) is 0 Å². The molecule has 3 N–H and O–H groups in total. The molecular weight excluding hydrogens is 360 g/mol. The second kappa shape index (κ2) is 8.56. The Hall–Kier alpha value is -3.35. The number of nitrogens with one attached hydrogen (secondary N) is 2. The SMILES string of the molecule is CC(NC(=O)c1c(O)cccc1C=O)c1cccc(NC(=O)OC(C)(C)C)c1. The van der Waals surface area contributed by atoms with Crippen molar-refractivity contribution in [2.75, 3.05) is 5.32 Å². The normalized spacial score (nSPS) is 12.0. The molecule has 1 unspecified atom stereocenters. The Morgan fingerprint density at radius 1 is 1.14 bits per heavy atom. The third-order valence-corrected chi connectivity index (χ3v) is 3.81. The minimum absolute atomic E-state index is 0.0765. The molecule has 0 aromatic heterocycles. The van der Waals surface area contributed by atoms with Crippen LogP contribution < -0.4 is 10.6 Å². The molecule has 0 spiro atoms. The Balaban J connectivity index is 2.13. The smallest absolute Gasteiger partial charge is 0.412 e. The number of phenolic OH excluding ortho intramolecular Hbond substituents is 1. The van der Waals surface area contributed by atoms with Gasteiger partial charge in [-0.1, -0.05) is 24.3 Å². The fourth-order valence-corrected chi connectivity index (χ4v) is 2.56. The van der Waals surface area contributed by atoms with Crippen molar-refractivity contribution in [3.8, 4) is 5.75 Å². The van der Waals surface area contributed by atoms with E-state index in [-0.39, 0.29) is 16.9 Å².